The molecule has 0 radical (unpaired) electrons. The lowest BCUT2D eigenvalue weighted by Crippen LogP contribution is -2.44. The fourth-order valence-electron chi connectivity index (χ4n) is 5.83. The Hall–Kier alpha value is -3.55. The van der Waals surface area contributed by atoms with E-state index in [-0.39, 0.29) is 36.0 Å². The molecule has 1 aromatic heterocycles. The number of aromatic amines is 1. The second kappa shape index (κ2) is 10.2. The summed E-state index contributed by atoms with van der Waals surface area (Å²) in [5.74, 6) is 0.423. The Morgan fingerprint density at radius 1 is 1.06 bits per heavy atom. The first-order chi connectivity index (χ1) is 17.5. The van der Waals surface area contributed by atoms with Crippen LogP contribution in [-0.4, -0.2) is 57.9 Å². The molecule has 8 nitrogen and oxygen atoms in total. The van der Waals surface area contributed by atoms with E-state index >= 15 is 0 Å². The van der Waals surface area contributed by atoms with Gasteiger partial charge in [0.25, 0.3) is 0 Å². The number of para-hydroxylation sites is 2. The minimum atomic E-state index is -0.407. The van der Waals surface area contributed by atoms with Gasteiger partial charge in [-0.25, -0.2) is 4.79 Å². The number of nitrogens with zero attached hydrogens (tertiary/aromatic N) is 3. The molecular weight excluding hydrogens is 456 g/mol. The van der Waals surface area contributed by atoms with Crippen LogP contribution in [0.1, 0.15) is 56.7 Å². The molecule has 36 heavy (non-hydrogen) atoms. The monoisotopic (exact) mass is 490 g/mol. The highest BCUT2D eigenvalue weighted by atomic mass is 16.5. The molecular formula is C28H34N4O4. The van der Waals surface area contributed by atoms with Crippen molar-refractivity contribution in [3.8, 4) is 5.75 Å². The van der Waals surface area contributed by atoms with E-state index in [1.54, 1.807) is 7.11 Å². The molecule has 8 heteroatoms. The first-order valence-corrected chi connectivity index (χ1v) is 12.9. The van der Waals surface area contributed by atoms with Crippen LogP contribution in [0.3, 0.4) is 0 Å². The number of carbonyl (C=O) groups is 2. The Bertz CT molecular complexity index is 1290. The minimum absolute atomic E-state index is 0.0351. The van der Waals surface area contributed by atoms with Crippen LogP contribution in [0, 0.1) is 5.92 Å². The van der Waals surface area contributed by atoms with E-state index < -0.39 is 5.92 Å². The van der Waals surface area contributed by atoms with Gasteiger partial charge in [-0.05, 0) is 49.1 Å². The first kappa shape index (κ1) is 24.2. The van der Waals surface area contributed by atoms with E-state index in [2.05, 4.69) is 11.9 Å². The summed E-state index contributed by atoms with van der Waals surface area (Å²) in [6.45, 7) is 3.91. The molecule has 190 valence electrons. The predicted molar refractivity (Wildman–Crippen MR) is 138 cm³/mol. The zero-order chi connectivity index (χ0) is 25.2. The third-order valence-electron chi connectivity index (χ3n) is 7.72. The average Bonchev–Trinajstić information content (AvgIpc) is 3.42. The van der Waals surface area contributed by atoms with Gasteiger partial charge >= 0.3 is 5.69 Å². The van der Waals surface area contributed by atoms with Gasteiger partial charge in [0.05, 0.1) is 30.1 Å². The lowest BCUT2D eigenvalue weighted by atomic mass is 9.91. The summed E-state index contributed by atoms with van der Waals surface area (Å²) in [5, 5.41) is 0. The number of hydrogen-bond acceptors (Lipinski definition) is 4. The quantitative estimate of drug-likeness (QED) is 0.544. The molecule has 0 aliphatic carbocycles. The van der Waals surface area contributed by atoms with Gasteiger partial charge in [0.2, 0.25) is 11.8 Å². The van der Waals surface area contributed by atoms with Crippen LogP contribution in [0.2, 0.25) is 0 Å². The highest BCUT2D eigenvalue weighted by Crippen LogP contribution is 2.40. The molecule has 2 fully saturated rings. The standard InChI is InChI=1S/C28H34N4O4/c1-3-4-15-31-25(33)18-22(26(31)19-9-11-21(36-2)12-10-19)27(34)30-16-13-20(14-17-30)32-24-8-6-5-7-23(24)29-28(32)35/h5-12,20,22,26H,3-4,13-18H2,1-2H3,(H,29,35). The number of unbranched alkanes of at least 4 members (excludes halogenated alkanes) is 1. The second-order valence-electron chi connectivity index (χ2n) is 9.84. The number of amides is 2. The van der Waals surface area contributed by atoms with Crippen LogP contribution in [0.5, 0.6) is 5.75 Å². The van der Waals surface area contributed by atoms with Crippen LogP contribution < -0.4 is 10.4 Å². The SMILES string of the molecule is CCCCN1C(=O)CC(C(=O)N2CCC(n3c(=O)[nH]c4ccccc43)CC2)C1c1ccc(OC)cc1. The van der Waals surface area contributed by atoms with Gasteiger partial charge in [-0.3, -0.25) is 14.2 Å². The third kappa shape index (κ3) is 4.40. The van der Waals surface area contributed by atoms with E-state index in [9.17, 15) is 14.4 Å². The van der Waals surface area contributed by atoms with Gasteiger partial charge in [-0.2, -0.15) is 0 Å². The Morgan fingerprint density at radius 3 is 2.47 bits per heavy atom. The normalized spacial score (nSPS) is 20.9. The lowest BCUT2D eigenvalue weighted by molar-refractivity contribution is -0.137. The van der Waals surface area contributed by atoms with Crippen molar-refractivity contribution in [1.82, 2.24) is 19.4 Å². The van der Waals surface area contributed by atoms with Crippen molar-refractivity contribution < 1.29 is 14.3 Å². The fraction of sp³-hybridized carbons (Fsp3) is 0.464. The summed E-state index contributed by atoms with van der Waals surface area (Å²) in [4.78, 5) is 46.2. The smallest absolute Gasteiger partial charge is 0.326 e. The average molecular weight is 491 g/mol. The number of H-pyrrole nitrogens is 1. The number of benzene rings is 2. The molecule has 5 rings (SSSR count). The number of hydrogen-bond donors (Lipinski definition) is 1. The molecule has 2 aliphatic heterocycles. The molecule has 2 aliphatic rings. The topological polar surface area (TPSA) is 87.6 Å². The number of carbonyl (C=O) groups excluding carboxylic acids is 2. The molecule has 3 heterocycles. The second-order valence-corrected chi connectivity index (χ2v) is 9.84. The first-order valence-electron chi connectivity index (χ1n) is 12.9. The van der Waals surface area contributed by atoms with Crippen molar-refractivity contribution in [3.63, 3.8) is 0 Å². The van der Waals surface area contributed by atoms with E-state index in [1.165, 1.54) is 0 Å². The molecule has 2 unspecified atom stereocenters. The van der Waals surface area contributed by atoms with Gasteiger partial charge < -0.3 is 19.5 Å². The van der Waals surface area contributed by atoms with Gasteiger partial charge in [0.15, 0.2) is 0 Å². The molecule has 2 amide bonds. The molecule has 2 atom stereocenters. The number of aromatic nitrogens is 2. The Morgan fingerprint density at radius 2 is 1.78 bits per heavy atom. The van der Waals surface area contributed by atoms with Crippen LogP contribution in [-0.2, 0) is 9.59 Å². The maximum atomic E-state index is 13.8. The van der Waals surface area contributed by atoms with Crippen LogP contribution >= 0.6 is 0 Å². The van der Waals surface area contributed by atoms with Crippen molar-refractivity contribution in [3.05, 3.63) is 64.6 Å². The molecule has 0 spiro atoms. The van der Waals surface area contributed by atoms with E-state index in [1.807, 2.05) is 62.9 Å². The van der Waals surface area contributed by atoms with Crippen molar-refractivity contribution in [2.75, 3.05) is 26.7 Å². The number of rotatable bonds is 7. The summed E-state index contributed by atoms with van der Waals surface area (Å²) in [7, 11) is 1.63. The Labute approximate surface area is 210 Å². The number of piperidine rings is 1. The molecule has 0 saturated carbocycles. The van der Waals surface area contributed by atoms with Crippen LogP contribution in [0.25, 0.3) is 11.0 Å². The van der Waals surface area contributed by atoms with E-state index in [4.69, 9.17) is 4.74 Å². The van der Waals surface area contributed by atoms with Crippen LogP contribution in [0.15, 0.2) is 53.3 Å². The number of methoxy groups -OCH3 is 1. The Balaban J connectivity index is 1.34. The van der Waals surface area contributed by atoms with Crippen molar-refractivity contribution >= 4 is 22.8 Å². The highest BCUT2D eigenvalue weighted by molar-refractivity contribution is 5.90. The van der Waals surface area contributed by atoms with Gasteiger partial charge in [0, 0.05) is 32.1 Å². The number of nitrogens with one attached hydrogen (secondary N) is 1. The Kier molecular flexibility index (Phi) is 6.85. The predicted octanol–water partition coefficient (Wildman–Crippen LogP) is 3.89. The summed E-state index contributed by atoms with van der Waals surface area (Å²) in [6, 6.07) is 15.2. The molecule has 0 bridgehead atoms. The van der Waals surface area contributed by atoms with Crippen molar-refractivity contribution in [2.24, 2.45) is 5.92 Å². The summed E-state index contributed by atoms with van der Waals surface area (Å²) in [5.41, 5.74) is 2.60. The van der Waals surface area contributed by atoms with Crippen molar-refractivity contribution in [1.29, 1.82) is 0 Å². The fourth-order valence-corrected chi connectivity index (χ4v) is 5.83. The summed E-state index contributed by atoms with van der Waals surface area (Å²) >= 11 is 0. The molecule has 1 N–H and O–H groups in total. The van der Waals surface area contributed by atoms with Gasteiger partial charge in [0.1, 0.15) is 5.75 Å². The van der Waals surface area contributed by atoms with E-state index in [0.29, 0.717) is 32.5 Å². The van der Waals surface area contributed by atoms with Crippen molar-refractivity contribution in [2.45, 2.75) is 51.1 Å². The van der Waals surface area contributed by atoms with E-state index in [0.717, 1.165) is 35.2 Å². The molecule has 3 aromatic rings. The van der Waals surface area contributed by atoms with Gasteiger partial charge in [-0.15, -0.1) is 0 Å². The molecule has 2 saturated heterocycles. The number of fused-ring (bicyclic) bond motifs is 1. The largest absolute Gasteiger partial charge is 0.497 e. The zero-order valence-electron chi connectivity index (χ0n) is 21.0. The highest BCUT2D eigenvalue weighted by Gasteiger charge is 2.46. The van der Waals surface area contributed by atoms with Crippen LogP contribution in [0.4, 0.5) is 0 Å². The zero-order valence-corrected chi connectivity index (χ0v) is 21.0. The lowest BCUT2D eigenvalue weighted by Gasteiger charge is -2.36. The number of imidazole rings is 1. The summed E-state index contributed by atoms with van der Waals surface area (Å²) < 4.78 is 7.14. The maximum Gasteiger partial charge on any atom is 0.326 e. The summed E-state index contributed by atoms with van der Waals surface area (Å²) in [6.07, 6.45) is 3.55. The van der Waals surface area contributed by atoms with Gasteiger partial charge in [-0.1, -0.05) is 37.6 Å². The third-order valence-corrected chi connectivity index (χ3v) is 7.72. The number of likely N-dealkylation sites (tertiary alicyclic amines) is 2. The molecule has 2 aromatic carbocycles. The number of ether oxygens (including phenoxy) is 1. The minimum Gasteiger partial charge on any atom is -0.497 e. The maximum absolute atomic E-state index is 13.8.